The Morgan fingerprint density at radius 3 is 2.46 bits per heavy atom. The molecule has 0 aliphatic carbocycles. The van der Waals surface area contributed by atoms with E-state index in [1.54, 1.807) is 30.3 Å². The predicted octanol–water partition coefficient (Wildman–Crippen LogP) is 5.80. The third-order valence-corrected chi connectivity index (χ3v) is 7.30. The Hall–Kier alpha value is -4.63. The number of methoxy groups -OCH3 is 2. The summed E-state index contributed by atoms with van der Waals surface area (Å²) in [6, 6.07) is 19.6. The van der Waals surface area contributed by atoms with E-state index in [0.717, 1.165) is 16.5 Å². The van der Waals surface area contributed by atoms with Crippen LogP contribution >= 0.6 is 11.6 Å². The van der Waals surface area contributed by atoms with Gasteiger partial charge < -0.3 is 19.6 Å². The first kappa shape index (κ1) is 27.9. The molecule has 1 aliphatic rings. The normalized spacial score (nSPS) is 14.7. The van der Waals surface area contributed by atoms with Crippen LogP contribution < -0.4 is 15.0 Å². The average molecular weight is 574 g/mol. The van der Waals surface area contributed by atoms with Crippen molar-refractivity contribution in [3.8, 4) is 22.6 Å². The number of carboxylic acids is 1. The Labute approximate surface area is 241 Å². The minimum atomic E-state index is -0.978. The monoisotopic (exact) mass is 573 g/mol. The number of H-pyrrole nitrogens is 1. The molecule has 0 saturated carbocycles. The number of carbonyl (C=O) groups excluding carboxylic acids is 1. The van der Waals surface area contributed by atoms with E-state index >= 15 is 0 Å². The smallest absolute Gasteiger partial charge is 0.303 e. The van der Waals surface area contributed by atoms with Crippen molar-refractivity contribution in [3.63, 3.8) is 0 Å². The summed E-state index contributed by atoms with van der Waals surface area (Å²) >= 11 is 6.38. The molecule has 0 radical (unpaired) electrons. The lowest BCUT2D eigenvalue weighted by Gasteiger charge is -2.23. The first-order valence-corrected chi connectivity index (χ1v) is 13.4. The number of aliphatic carboxylic acids is 1. The number of nitrogens with one attached hydrogen (secondary N) is 1. The van der Waals surface area contributed by atoms with Gasteiger partial charge in [-0.05, 0) is 47.9 Å². The van der Waals surface area contributed by atoms with Crippen LogP contribution in [0.5, 0.6) is 11.5 Å². The molecule has 0 bridgehead atoms. The number of fused-ring (bicyclic) bond motifs is 1. The molecule has 4 aromatic rings. The molecule has 1 unspecified atom stereocenters. The first-order valence-electron chi connectivity index (χ1n) is 13.0. The number of rotatable bonds is 9. The summed E-state index contributed by atoms with van der Waals surface area (Å²) < 4.78 is 10.9. The molecule has 5 rings (SSSR count). The minimum Gasteiger partial charge on any atom is -0.493 e. The quantitative estimate of drug-likeness (QED) is 0.261. The van der Waals surface area contributed by atoms with Gasteiger partial charge in [0, 0.05) is 40.8 Å². The van der Waals surface area contributed by atoms with E-state index in [0.29, 0.717) is 38.9 Å². The molecule has 1 atom stereocenters. The van der Waals surface area contributed by atoms with Gasteiger partial charge in [-0.1, -0.05) is 48.0 Å². The van der Waals surface area contributed by atoms with Crippen LogP contribution in [0.15, 0.2) is 76.6 Å². The minimum absolute atomic E-state index is 0.0118. The summed E-state index contributed by atoms with van der Waals surface area (Å²) in [7, 11) is 3.06. The highest BCUT2D eigenvalue weighted by Gasteiger charge is 2.35. The van der Waals surface area contributed by atoms with E-state index in [-0.39, 0.29) is 37.1 Å². The van der Waals surface area contributed by atoms with Crippen LogP contribution in [-0.2, 0) is 9.59 Å². The summed E-state index contributed by atoms with van der Waals surface area (Å²) in [5.74, 6) is -0.305. The summed E-state index contributed by atoms with van der Waals surface area (Å²) in [5.41, 5.74) is 3.25. The van der Waals surface area contributed by atoms with Gasteiger partial charge >= 0.3 is 5.97 Å². The van der Waals surface area contributed by atoms with Crippen molar-refractivity contribution < 1.29 is 24.2 Å². The number of pyridine rings is 1. The number of hydrazone groups is 1. The zero-order valence-electron chi connectivity index (χ0n) is 22.5. The molecular formula is C31H28ClN3O6. The summed E-state index contributed by atoms with van der Waals surface area (Å²) in [4.78, 5) is 41.1. The van der Waals surface area contributed by atoms with Gasteiger partial charge in [0.25, 0.3) is 5.56 Å². The van der Waals surface area contributed by atoms with Crippen molar-refractivity contribution in [2.45, 2.75) is 31.7 Å². The van der Waals surface area contributed by atoms with E-state index in [2.05, 4.69) is 4.98 Å². The molecule has 210 valence electrons. The topological polar surface area (TPSA) is 121 Å². The summed E-state index contributed by atoms with van der Waals surface area (Å²) in [6.45, 7) is 0. The third kappa shape index (κ3) is 5.67. The van der Waals surface area contributed by atoms with Crippen molar-refractivity contribution in [3.05, 3.63) is 93.2 Å². The molecule has 1 aliphatic heterocycles. The Morgan fingerprint density at radius 2 is 1.76 bits per heavy atom. The molecule has 1 amide bonds. The molecule has 0 spiro atoms. The molecule has 2 heterocycles. The van der Waals surface area contributed by atoms with Gasteiger partial charge in [0.15, 0.2) is 11.5 Å². The lowest BCUT2D eigenvalue weighted by Crippen LogP contribution is -2.27. The van der Waals surface area contributed by atoms with Crippen LogP contribution in [0.1, 0.15) is 42.9 Å². The van der Waals surface area contributed by atoms with Gasteiger partial charge in [0.1, 0.15) is 0 Å². The molecule has 9 nitrogen and oxygen atoms in total. The molecule has 1 aromatic heterocycles. The molecule has 2 N–H and O–H groups in total. The van der Waals surface area contributed by atoms with Crippen molar-refractivity contribution in [2.24, 2.45) is 5.10 Å². The summed E-state index contributed by atoms with van der Waals surface area (Å²) in [5, 5.41) is 16.4. The number of halogens is 1. The number of carboxylic acid groups (broad SMARTS) is 1. The van der Waals surface area contributed by atoms with Crippen LogP contribution in [0, 0.1) is 0 Å². The maximum Gasteiger partial charge on any atom is 0.303 e. The number of aromatic nitrogens is 1. The number of hydrogen-bond acceptors (Lipinski definition) is 6. The van der Waals surface area contributed by atoms with E-state index < -0.39 is 12.0 Å². The second-order valence-electron chi connectivity index (χ2n) is 9.63. The average Bonchev–Trinajstić information content (AvgIpc) is 3.41. The van der Waals surface area contributed by atoms with E-state index in [4.69, 9.17) is 31.3 Å². The number of benzene rings is 3. The molecular weight excluding hydrogens is 546 g/mol. The Kier molecular flexibility index (Phi) is 8.07. The number of aromatic amines is 1. The van der Waals surface area contributed by atoms with Gasteiger partial charge in [0.2, 0.25) is 5.91 Å². The highest BCUT2D eigenvalue weighted by molar-refractivity contribution is 6.31. The van der Waals surface area contributed by atoms with E-state index in [9.17, 15) is 14.4 Å². The first-order chi connectivity index (χ1) is 19.8. The maximum atomic E-state index is 13.7. The molecule has 0 fully saturated rings. The number of amides is 1. The van der Waals surface area contributed by atoms with E-state index in [1.165, 1.54) is 19.2 Å². The predicted molar refractivity (Wildman–Crippen MR) is 157 cm³/mol. The number of nitrogens with zero attached hydrogens (tertiary/aromatic N) is 2. The number of ether oxygens (including phenoxy) is 2. The lowest BCUT2D eigenvalue weighted by molar-refractivity contribution is -0.137. The highest BCUT2D eigenvalue weighted by atomic mass is 35.5. The molecule has 3 aromatic carbocycles. The fourth-order valence-electron chi connectivity index (χ4n) is 5.16. The molecule has 41 heavy (non-hydrogen) atoms. The third-order valence-electron chi connectivity index (χ3n) is 7.07. The van der Waals surface area contributed by atoms with Crippen LogP contribution in [0.3, 0.4) is 0 Å². The molecule has 0 saturated heterocycles. The fraction of sp³-hybridized carbons (Fsp3) is 0.226. The number of carbonyl (C=O) groups is 2. The van der Waals surface area contributed by atoms with Crippen molar-refractivity contribution in [1.82, 2.24) is 9.99 Å². The Balaban J connectivity index is 1.67. The molecule has 10 heteroatoms. The SMILES string of the molecule is COc1ccc(C2CC(c3c(-c4ccccc4)c4cc(Cl)ccc4[nH]c3=O)=NN2C(=O)CCCC(=O)O)cc1OC. The van der Waals surface area contributed by atoms with Gasteiger partial charge in [0.05, 0.1) is 31.5 Å². The summed E-state index contributed by atoms with van der Waals surface area (Å²) in [6.07, 6.45) is 0.260. The van der Waals surface area contributed by atoms with Crippen LogP contribution in [0.25, 0.3) is 22.0 Å². The largest absolute Gasteiger partial charge is 0.493 e. The van der Waals surface area contributed by atoms with Crippen molar-refractivity contribution >= 4 is 40.1 Å². The number of hydrogen-bond donors (Lipinski definition) is 2. The van der Waals surface area contributed by atoms with Gasteiger partial charge in [-0.15, -0.1) is 0 Å². The maximum absolute atomic E-state index is 13.7. The van der Waals surface area contributed by atoms with Crippen LogP contribution in [0.4, 0.5) is 0 Å². The van der Waals surface area contributed by atoms with Gasteiger partial charge in [-0.3, -0.25) is 14.4 Å². The lowest BCUT2D eigenvalue weighted by atomic mass is 9.91. The van der Waals surface area contributed by atoms with E-state index in [1.807, 2.05) is 36.4 Å². The zero-order valence-corrected chi connectivity index (χ0v) is 23.3. The van der Waals surface area contributed by atoms with Gasteiger partial charge in [-0.2, -0.15) is 5.10 Å². The second-order valence-corrected chi connectivity index (χ2v) is 10.1. The second kappa shape index (κ2) is 11.9. The Morgan fingerprint density at radius 1 is 1.00 bits per heavy atom. The van der Waals surface area contributed by atoms with Crippen molar-refractivity contribution in [2.75, 3.05) is 14.2 Å². The zero-order chi connectivity index (χ0) is 29.1. The van der Waals surface area contributed by atoms with Gasteiger partial charge in [-0.25, -0.2) is 5.01 Å². The fourth-order valence-corrected chi connectivity index (χ4v) is 5.33. The highest BCUT2D eigenvalue weighted by Crippen LogP contribution is 2.40. The van der Waals surface area contributed by atoms with Crippen LogP contribution in [-0.4, -0.2) is 46.9 Å². The van der Waals surface area contributed by atoms with Crippen molar-refractivity contribution in [1.29, 1.82) is 0 Å². The standard InChI is InChI=1S/C31H28ClN3O6/c1-40-25-14-11-19(15-26(25)41-2)24-17-23(34-35(24)27(36)9-6-10-28(37)38)30-29(18-7-4-3-5-8-18)21-16-20(32)12-13-22(21)33-31(30)39/h3-5,7-8,11-16,24H,6,9-10,17H2,1-2H3,(H,33,39)(H,37,38). The van der Waals surface area contributed by atoms with Crippen LogP contribution in [0.2, 0.25) is 5.02 Å². The Bertz CT molecular complexity index is 1720.